The molecular formula is C22H37N3. The van der Waals surface area contributed by atoms with Crippen LogP contribution in [0.4, 0.5) is 0 Å². The maximum Gasteiger partial charge on any atom is 0.0109 e. The lowest BCUT2D eigenvalue weighted by molar-refractivity contribution is 0.218. The fourth-order valence-electron chi connectivity index (χ4n) is 4.44. The molecule has 0 aliphatic carbocycles. The zero-order valence-electron chi connectivity index (χ0n) is 16.2. The van der Waals surface area contributed by atoms with Crippen molar-refractivity contribution in [2.75, 3.05) is 59.4 Å². The Kier molecular flexibility index (Phi) is 7.78. The van der Waals surface area contributed by atoms with Gasteiger partial charge < -0.3 is 14.7 Å². The van der Waals surface area contributed by atoms with Gasteiger partial charge in [-0.3, -0.25) is 0 Å². The van der Waals surface area contributed by atoms with Crippen molar-refractivity contribution in [2.24, 2.45) is 5.92 Å². The summed E-state index contributed by atoms with van der Waals surface area (Å²) < 4.78 is 0. The summed E-state index contributed by atoms with van der Waals surface area (Å²) in [6.45, 7) is 10.2. The van der Waals surface area contributed by atoms with Crippen LogP contribution in [-0.4, -0.2) is 74.1 Å². The molecule has 0 amide bonds. The molecule has 0 aromatic heterocycles. The predicted molar refractivity (Wildman–Crippen MR) is 107 cm³/mol. The Hall–Kier alpha value is -0.900. The van der Waals surface area contributed by atoms with E-state index >= 15 is 0 Å². The minimum absolute atomic E-state index is 0.843. The van der Waals surface area contributed by atoms with Gasteiger partial charge in [0.25, 0.3) is 0 Å². The Bertz CT molecular complexity index is 475. The second-order valence-electron chi connectivity index (χ2n) is 8.18. The molecular weight excluding hydrogens is 306 g/mol. The highest BCUT2D eigenvalue weighted by atomic mass is 15.2. The Morgan fingerprint density at radius 3 is 2.20 bits per heavy atom. The average molecular weight is 344 g/mol. The first-order valence-corrected chi connectivity index (χ1v) is 10.5. The van der Waals surface area contributed by atoms with Crippen molar-refractivity contribution in [1.82, 2.24) is 14.7 Å². The molecule has 3 unspecified atom stereocenters. The minimum atomic E-state index is 0.843. The summed E-state index contributed by atoms with van der Waals surface area (Å²) in [5.41, 5.74) is 1.52. The summed E-state index contributed by atoms with van der Waals surface area (Å²) >= 11 is 0. The first kappa shape index (κ1) is 18.9. The van der Waals surface area contributed by atoms with E-state index in [1.54, 1.807) is 0 Å². The zero-order chi connectivity index (χ0) is 17.3. The molecule has 2 heterocycles. The molecule has 2 fully saturated rings. The van der Waals surface area contributed by atoms with E-state index in [0.717, 1.165) is 5.92 Å². The number of rotatable bonds is 2. The number of nitrogens with zero attached hydrogens (tertiary/aromatic N) is 3. The van der Waals surface area contributed by atoms with E-state index in [1.165, 1.54) is 96.4 Å². The van der Waals surface area contributed by atoms with Gasteiger partial charge in [-0.2, -0.15) is 0 Å². The molecule has 2 aliphatic heterocycles. The van der Waals surface area contributed by atoms with Gasteiger partial charge >= 0.3 is 0 Å². The number of fused-ring (bicyclic) bond motifs is 4. The fraction of sp³-hybridized carbons (Fsp3) is 0.727. The highest BCUT2D eigenvalue weighted by Crippen LogP contribution is 2.20. The fourth-order valence-corrected chi connectivity index (χ4v) is 4.44. The molecule has 2 saturated heterocycles. The number of benzene rings is 1. The molecule has 0 saturated carbocycles. The summed E-state index contributed by atoms with van der Waals surface area (Å²) in [4.78, 5) is 8.01. The highest BCUT2D eigenvalue weighted by Gasteiger charge is 2.17. The summed E-state index contributed by atoms with van der Waals surface area (Å²) in [5.74, 6) is 0.843. The van der Waals surface area contributed by atoms with Crippen molar-refractivity contribution < 1.29 is 0 Å². The van der Waals surface area contributed by atoms with E-state index in [2.05, 4.69) is 52.1 Å². The standard InChI is InChI=1S/C22H37N3/c1-23-12-6-14-24-15-7-16-25(19-18-23)13-5-10-22(11-17-24)20-21-8-3-2-4-9-21/h2-4,8-9,22H,5-7,10-20H2,1H3. The number of hydrogen-bond acceptors (Lipinski definition) is 3. The van der Waals surface area contributed by atoms with Gasteiger partial charge in [-0.15, -0.1) is 0 Å². The second kappa shape index (κ2) is 10.3. The van der Waals surface area contributed by atoms with Crippen molar-refractivity contribution in [2.45, 2.75) is 38.5 Å². The Morgan fingerprint density at radius 1 is 0.720 bits per heavy atom. The lowest BCUT2D eigenvalue weighted by Crippen LogP contribution is -2.35. The van der Waals surface area contributed by atoms with Crippen molar-refractivity contribution in [3.63, 3.8) is 0 Å². The molecule has 0 spiro atoms. The van der Waals surface area contributed by atoms with Crippen molar-refractivity contribution >= 4 is 0 Å². The molecule has 3 atom stereocenters. The summed E-state index contributed by atoms with van der Waals surface area (Å²) in [6.07, 6.45) is 8.03. The lowest BCUT2D eigenvalue weighted by atomic mass is 9.91. The van der Waals surface area contributed by atoms with Crippen molar-refractivity contribution in [1.29, 1.82) is 0 Å². The molecule has 25 heavy (non-hydrogen) atoms. The van der Waals surface area contributed by atoms with Crippen LogP contribution in [0.5, 0.6) is 0 Å². The first-order valence-electron chi connectivity index (χ1n) is 10.5. The highest BCUT2D eigenvalue weighted by molar-refractivity contribution is 5.15. The topological polar surface area (TPSA) is 9.72 Å². The van der Waals surface area contributed by atoms with Crippen LogP contribution in [-0.2, 0) is 6.42 Å². The van der Waals surface area contributed by atoms with Gasteiger partial charge in [-0.25, -0.2) is 0 Å². The molecule has 140 valence electrons. The third-order valence-electron chi connectivity index (χ3n) is 6.07. The van der Waals surface area contributed by atoms with Gasteiger partial charge in [0.2, 0.25) is 0 Å². The van der Waals surface area contributed by atoms with Gasteiger partial charge in [0.05, 0.1) is 0 Å². The molecule has 1 aromatic rings. The van der Waals surface area contributed by atoms with Crippen LogP contribution in [0.1, 0.15) is 37.7 Å². The van der Waals surface area contributed by atoms with Crippen LogP contribution in [0.3, 0.4) is 0 Å². The number of hydrogen-bond donors (Lipinski definition) is 0. The third-order valence-corrected chi connectivity index (χ3v) is 6.07. The quantitative estimate of drug-likeness (QED) is 0.815. The molecule has 2 bridgehead atoms. The molecule has 3 rings (SSSR count). The largest absolute Gasteiger partial charge is 0.305 e. The Balaban J connectivity index is 1.64. The summed E-state index contributed by atoms with van der Waals surface area (Å²) in [5, 5.41) is 0. The molecule has 1 aromatic carbocycles. The molecule has 0 N–H and O–H groups in total. The Labute approximate surface area is 155 Å². The van der Waals surface area contributed by atoms with Crippen LogP contribution in [0.2, 0.25) is 0 Å². The van der Waals surface area contributed by atoms with E-state index in [4.69, 9.17) is 0 Å². The third kappa shape index (κ3) is 6.73. The van der Waals surface area contributed by atoms with Crippen LogP contribution in [0.15, 0.2) is 30.3 Å². The molecule has 0 radical (unpaired) electrons. The van der Waals surface area contributed by atoms with Gasteiger partial charge in [0, 0.05) is 13.1 Å². The van der Waals surface area contributed by atoms with E-state index < -0.39 is 0 Å². The van der Waals surface area contributed by atoms with Gasteiger partial charge in [-0.05, 0) is 96.3 Å². The van der Waals surface area contributed by atoms with Gasteiger partial charge in [-0.1, -0.05) is 30.3 Å². The zero-order valence-corrected chi connectivity index (χ0v) is 16.2. The average Bonchev–Trinajstić information content (AvgIpc) is 2.69. The second-order valence-corrected chi connectivity index (χ2v) is 8.18. The molecule has 3 nitrogen and oxygen atoms in total. The van der Waals surface area contributed by atoms with Crippen LogP contribution < -0.4 is 0 Å². The van der Waals surface area contributed by atoms with E-state index in [9.17, 15) is 0 Å². The van der Waals surface area contributed by atoms with E-state index in [0.29, 0.717) is 0 Å². The summed E-state index contributed by atoms with van der Waals surface area (Å²) in [6, 6.07) is 11.1. The summed E-state index contributed by atoms with van der Waals surface area (Å²) in [7, 11) is 2.29. The monoisotopic (exact) mass is 343 g/mol. The smallest absolute Gasteiger partial charge is 0.0109 e. The first-order chi connectivity index (χ1) is 12.3. The lowest BCUT2D eigenvalue weighted by Gasteiger charge is -2.26. The van der Waals surface area contributed by atoms with E-state index in [-0.39, 0.29) is 0 Å². The minimum Gasteiger partial charge on any atom is -0.305 e. The number of likely N-dealkylation sites (N-methyl/N-ethyl adjacent to an activating group) is 1. The van der Waals surface area contributed by atoms with Crippen LogP contribution in [0, 0.1) is 5.92 Å². The van der Waals surface area contributed by atoms with Crippen molar-refractivity contribution in [3.8, 4) is 0 Å². The molecule has 3 heteroatoms. The van der Waals surface area contributed by atoms with Crippen LogP contribution >= 0.6 is 0 Å². The van der Waals surface area contributed by atoms with Gasteiger partial charge in [0.15, 0.2) is 0 Å². The van der Waals surface area contributed by atoms with E-state index in [1.807, 2.05) is 0 Å². The maximum absolute atomic E-state index is 2.75. The van der Waals surface area contributed by atoms with Gasteiger partial charge in [0.1, 0.15) is 0 Å². The Morgan fingerprint density at radius 2 is 1.40 bits per heavy atom. The van der Waals surface area contributed by atoms with Crippen molar-refractivity contribution in [3.05, 3.63) is 35.9 Å². The normalized spacial score (nSPS) is 30.5. The van der Waals surface area contributed by atoms with Crippen LogP contribution in [0.25, 0.3) is 0 Å². The SMILES string of the molecule is CN1CCCN2CCCN(CCCC(Cc3ccccc3)CC2)CC1. The maximum atomic E-state index is 2.75. The molecule has 2 aliphatic rings. The predicted octanol–water partition coefficient (Wildman–Crippen LogP) is 3.36.